The van der Waals surface area contributed by atoms with Crippen LogP contribution in [0.1, 0.15) is 23.3 Å². The molecule has 6 heteroatoms. The van der Waals surface area contributed by atoms with Crippen molar-refractivity contribution in [1.29, 1.82) is 0 Å². The summed E-state index contributed by atoms with van der Waals surface area (Å²) in [7, 11) is 0. The molecule has 0 unspecified atom stereocenters. The molecule has 2 atom stereocenters. The average Bonchev–Trinajstić information content (AvgIpc) is 3.48. The number of nitrogens with zero attached hydrogens (tertiary/aromatic N) is 3. The summed E-state index contributed by atoms with van der Waals surface area (Å²) in [6.07, 6.45) is 2.94. The minimum atomic E-state index is -0.351. The van der Waals surface area contributed by atoms with Gasteiger partial charge in [0.2, 0.25) is 5.91 Å². The summed E-state index contributed by atoms with van der Waals surface area (Å²) in [4.78, 5) is 20.9. The lowest BCUT2D eigenvalue weighted by Gasteiger charge is -2.27. The summed E-state index contributed by atoms with van der Waals surface area (Å²) in [6, 6.07) is 14.7. The molecule has 156 valence electrons. The first-order valence-corrected chi connectivity index (χ1v) is 11.6. The molecule has 2 aromatic rings. The Balaban J connectivity index is 1.36. The Morgan fingerprint density at radius 2 is 1.90 bits per heavy atom. The molecule has 1 aromatic carbocycles. The molecule has 0 bridgehead atoms. The molecule has 3 heterocycles. The molecule has 2 aliphatic heterocycles. The zero-order valence-electron chi connectivity index (χ0n) is 16.9. The minimum absolute atomic E-state index is 0.156. The molecule has 1 amide bonds. The van der Waals surface area contributed by atoms with E-state index in [0.717, 1.165) is 26.1 Å². The van der Waals surface area contributed by atoms with Gasteiger partial charge in [0.1, 0.15) is 0 Å². The maximum absolute atomic E-state index is 13.2. The summed E-state index contributed by atoms with van der Waals surface area (Å²) in [5.41, 5.74) is 1.25. The highest BCUT2D eigenvalue weighted by Gasteiger charge is 2.37. The Morgan fingerprint density at radius 3 is 2.62 bits per heavy atom. The number of aliphatic hydroxyl groups is 1. The molecule has 29 heavy (non-hydrogen) atoms. The van der Waals surface area contributed by atoms with Gasteiger partial charge in [0.25, 0.3) is 0 Å². The molecule has 5 nitrogen and oxygen atoms in total. The van der Waals surface area contributed by atoms with E-state index in [9.17, 15) is 9.90 Å². The van der Waals surface area contributed by atoms with Crippen molar-refractivity contribution in [3.63, 3.8) is 0 Å². The molecule has 1 aromatic heterocycles. The van der Waals surface area contributed by atoms with Gasteiger partial charge in [-0.25, -0.2) is 0 Å². The van der Waals surface area contributed by atoms with Crippen LogP contribution in [0.3, 0.4) is 0 Å². The van der Waals surface area contributed by atoms with E-state index >= 15 is 0 Å². The number of carbonyl (C=O) groups excluding carboxylic acids is 1. The highest BCUT2D eigenvalue weighted by atomic mass is 32.1. The van der Waals surface area contributed by atoms with Gasteiger partial charge in [0.05, 0.1) is 19.2 Å². The summed E-state index contributed by atoms with van der Waals surface area (Å²) in [5.74, 6) is 0.156. The van der Waals surface area contributed by atoms with Gasteiger partial charge in [-0.05, 0) is 49.4 Å². The number of amides is 1. The van der Waals surface area contributed by atoms with E-state index in [1.54, 1.807) is 11.3 Å². The molecular formula is C23H31N3O2S. The van der Waals surface area contributed by atoms with Crippen LogP contribution >= 0.6 is 11.3 Å². The zero-order chi connectivity index (χ0) is 20.1. The fourth-order valence-corrected chi connectivity index (χ4v) is 5.21. The lowest BCUT2D eigenvalue weighted by Crippen LogP contribution is -2.42. The van der Waals surface area contributed by atoms with Crippen molar-refractivity contribution in [1.82, 2.24) is 14.7 Å². The molecule has 0 saturated carbocycles. The molecule has 2 saturated heterocycles. The molecule has 0 aliphatic carbocycles. The lowest BCUT2D eigenvalue weighted by atomic mass is 10.1. The molecule has 2 fully saturated rings. The number of β-amino-alcohol motifs (C(OH)–C–C–N with tert-alkyl or cyclic N) is 1. The molecule has 2 aliphatic rings. The summed E-state index contributed by atoms with van der Waals surface area (Å²) < 4.78 is 0. The third-order valence-corrected chi connectivity index (χ3v) is 6.96. The second kappa shape index (κ2) is 9.85. The van der Waals surface area contributed by atoms with Gasteiger partial charge >= 0.3 is 0 Å². The van der Waals surface area contributed by atoms with Crippen LogP contribution in [0, 0.1) is 0 Å². The van der Waals surface area contributed by atoms with Gasteiger partial charge in [-0.1, -0.05) is 36.4 Å². The van der Waals surface area contributed by atoms with Gasteiger partial charge in [0, 0.05) is 30.6 Å². The third-order valence-electron chi connectivity index (χ3n) is 6.10. The van der Waals surface area contributed by atoms with Crippen molar-refractivity contribution in [2.75, 3.05) is 39.3 Å². The van der Waals surface area contributed by atoms with Crippen LogP contribution < -0.4 is 0 Å². The van der Waals surface area contributed by atoms with Crippen molar-refractivity contribution in [2.24, 2.45) is 0 Å². The fraction of sp³-hybridized carbons (Fsp3) is 0.522. The average molecular weight is 414 g/mol. The van der Waals surface area contributed by atoms with Gasteiger partial charge < -0.3 is 10.0 Å². The van der Waals surface area contributed by atoms with Crippen molar-refractivity contribution >= 4 is 17.2 Å². The summed E-state index contributed by atoms with van der Waals surface area (Å²) in [5, 5.41) is 12.6. The summed E-state index contributed by atoms with van der Waals surface area (Å²) in [6.45, 7) is 5.30. The topological polar surface area (TPSA) is 47.0 Å². The zero-order valence-corrected chi connectivity index (χ0v) is 17.8. The quantitative estimate of drug-likeness (QED) is 0.722. The predicted molar refractivity (Wildman–Crippen MR) is 117 cm³/mol. The number of rotatable bonds is 8. The van der Waals surface area contributed by atoms with Gasteiger partial charge in [-0.3, -0.25) is 14.6 Å². The Kier molecular flexibility index (Phi) is 6.98. The number of hydrogen-bond donors (Lipinski definition) is 1. The number of hydrogen-bond acceptors (Lipinski definition) is 5. The summed E-state index contributed by atoms with van der Waals surface area (Å²) >= 11 is 1.70. The predicted octanol–water partition coefficient (Wildman–Crippen LogP) is 2.46. The minimum Gasteiger partial charge on any atom is -0.390 e. The van der Waals surface area contributed by atoms with E-state index < -0.39 is 0 Å². The van der Waals surface area contributed by atoms with Crippen molar-refractivity contribution < 1.29 is 9.90 Å². The molecule has 0 radical (unpaired) electrons. The van der Waals surface area contributed by atoms with E-state index in [4.69, 9.17) is 0 Å². The van der Waals surface area contributed by atoms with Crippen molar-refractivity contribution in [3.05, 3.63) is 58.3 Å². The van der Waals surface area contributed by atoms with Crippen LogP contribution in [0.25, 0.3) is 0 Å². The van der Waals surface area contributed by atoms with E-state index in [-0.39, 0.29) is 18.1 Å². The Hall–Kier alpha value is -1.73. The van der Waals surface area contributed by atoms with Gasteiger partial charge in [-0.15, -0.1) is 11.3 Å². The monoisotopic (exact) mass is 413 g/mol. The van der Waals surface area contributed by atoms with Crippen LogP contribution in [-0.2, 0) is 17.8 Å². The van der Waals surface area contributed by atoms with E-state index in [2.05, 4.69) is 33.4 Å². The first-order valence-electron chi connectivity index (χ1n) is 10.7. The van der Waals surface area contributed by atoms with Crippen LogP contribution in [0.5, 0.6) is 0 Å². The Morgan fingerprint density at radius 1 is 1.10 bits per heavy atom. The van der Waals surface area contributed by atoms with Crippen LogP contribution in [0.4, 0.5) is 0 Å². The largest absolute Gasteiger partial charge is 0.390 e. The SMILES string of the molecule is O=C(CN1C[C@@H](N2CCCC2)[C@@H](O)C1)N(CCc1ccccc1)Cc1cccs1. The normalized spacial score (nSPS) is 22.9. The lowest BCUT2D eigenvalue weighted by molar-refractivity contribution is -0.132. The van der Waals surface area contributed by atoms with Crippen LogP contribution in [-0.4, -0.2) is 77.1 Å². The van der Waals surface area contributed by atoms with Gasteiger partial charge in [0.15, 0.2) is 0 Å². The number of thiophene rings is 1. The Labute approximate surface area is 177 Å². The molecular weight excluding hydrogens is 382 g/mol. The maximum atomic E-state index is 13.2. The number of benzene rings is 1. The third kappa shape index (κ3) is 5.45. The number of likely N-dealkylation sites (tertiary alicyclic amines) is 2. The first-order chi connectivity index (χ1) is 14.2. The van der Waals surface area contributed by atoms with Crippen LogP contribution in [0.15, 0.2) is 47.8 Å². The fourth-order valence-electron chi connectivity index (χ4n) is 4.49. The number of carbonyl (C=O) groups is 1. The van der Waals surface area contributed by atoms with E-state index in [0.29, 0.717) is 26.2 Å². The molecule has 4 rings (SSSR count). The highest BCUT2D eigenvalue weighted by molar-refractivity contribution is 7.09. The van der Waals surface area contributed by atoms with E-state index in [1.165, 1.54) is 23.3 Å². The van der Waals surface area contributed by atoms with Crippen molar-refractivity contribution in [2.45, 2.75) is 38.0 Å². The number of aliphatic hydroxyl groups excluding tert-OH is 1. The highest BCUT2D eigenvalue weighted by Crippen LogP contribution is 2.21. The van der Waals surface area contributed by atoms with E-state index in [1.807, 2.05) is 29.2 Å². The first kappa shape index (κ1) is 20.5. The second-order valence-corrected chi connectivity index (χ2v) is 9.23. The second-order valence-electron chi connectivity index (χ2n) is 8.20. The van der Waals surface area contributed by atoms with Gasteiger partial charge in [-0.2, -0.15) is 0 Å². The Bertz CT molecular complexity index is 762. The molecule has 0 spiro atoms. The maximum Gasteiger partial charge on any atom is 0.237 e. The standard InChI is InChI=1S/C23H31N3O2S/c27-22-17-24(16-21(22)25-11-4-5-12-25)18-23(28)26(15-20-9-6-14-29-20)13-10-19-7-2-1-3-8-19/h1-3,6-9,14,21-22,27H,4-5,10-13,15-18H2/t21-,22+/m1/s1. The van der Waals surface area contributed by atoms with Crippen LogP contribution in [0.2, 0.25) is 0 Å². The molecule has 1 N–H and O–H groups in total. The smallest absolute Gasteiger partial charge is 0.237 e. The van der Waals surface area contributed by atoms with Crippen molar-refractivity contribution in [3.8, 4) is 0 Å².